The lowest BCUT2D eigenvalue weighted by Gasteiger charge is -2.02. The zero-order chi connectivity index (χ0) is 12.8. The maximum Gasteiger partial charge on any atom is 0.181 e. The van der Waals surface area contributed by atoms with Crippen molar-refractivity contribution in [1.82, 2.24) is 19.9 Å². The minimum absolute atomic E-state index is 0.401. The average molecular weight is 266 g/mol. The first-order valence-electron chi connectivity index (χ1n) is 5.57. The van der Waals surface area contributed by atoms with E-state index < -0.39 is 0 Å². The summed E-state index contributed by atoms with van der Waals surface area (Å²) in [4.78, 5) is 19.4. The smallest absolute Gasteiger partial charge is 0.181 e. The fourth-order valence-corrected chi connectivity index (χ4v) is 2.45. The van der Waals surface area contributed by atoms with Crippen LogP contribution in [0.1, 0.15) is 19.3 Å². The normalized spacial score (nSPS) is 10.7. The molecule has 0 radical (unpaired) electrons. The summed E-state index contributed by atoms with van der Waals surface area (Å²) in [6.45, 7) is 3.55. The van der Waals surface area contributed by atoms with E-state index >= 15 is 0 Å². The number of hydrogen-bond acceptors (Lipinski definition) is 6. The van der Waals surface area contributed by atoms with Crippen LogP contribution in [0.4, 0.5) is 0 Å². The minimum Gasteiger partial charge on any atom is -0.345 e. The van der Waals surface area contributed by atoms with Crippen molar-refractivity contribution in [2.75, 3.05) is 5.75 Å². The van der Waals surface area contributed by atoms with Crippen LogP contribution in [-0.2, 0) is 4.89 Å². The van der Waals surface area contributed by atoms with Crippen molar-refractivity contribution >= 4 is 22.9 Å². The molecule has 2 rings (SSSR count). The van der Waals surface area contributed by atoms with Gasteiger partial charge in [-0.05, 0) is 18.6 Å². The molecule has 0 amide bonds. The number of allylic oxidation sites excluding steroid dienone is 1. The zero-order valence-corrected chi connectivity index (χ0v) is 10.6. The predicted molar refractivity (Wildman–Crippen MR) is 69.1 cm³/mol. The van der Waals surface area contributed by atoms with Crippen LogP contribution < -0.4 is 0 Å². The van der Waals surface area contributed by atoms with E-state index in [9.17, 15) is 0 Å². The SMILES string of the molecule is C=C(CCCCSc1ncnc2nc[nH]c12)OO. The van der Waals surface area contributed by atoms with E-state index in [-0.39, 0.29) is 0 Å². The number of rotatable bonds is 7. The highest BCUT2D eigenvalue weighted by molar-refractivity contribution is 7.99. The van der Waals surface area contributed by atoms with Crippen molar-refractivity contribution in [3.63, 3.8) is 0 Å². The molecule has 2 aromatic rings. The second-order valence-electron chi connectivity index (χ2n) is 3.72. The van der Waals surface area contributed by atoms with Gasteiger partial charge in [0.15, 0.2) is 5.65 Å². The molecule has 2 N–H and O–H groups in total. The molecule has 2 aromatic heterocycles. The molecule has 0 atom stereocenters. The highest BCUT2D eigenvalue weighted by atomic mass is 32.2. The van der Waals surface area contributed by atoms with Gasteiger partial charge in [-0.25, -0.2) is 20.2 Å². The third-order valence-corrected chi connectivity index (χ3v) is 3.48. The first kappa shape index (κ1) is 12.8. The Balaban J connectivity index is 1.80. The molecular formula is C11H14N4O2S. The van der Waals surface area contributed by atoms with Gasteiger partial charge in [-0.3, -0.25) is 0 Å². The summed E-state index contributed by atoms with van der Waals surface area (Å²) in [5.41, 5.74) is 1.57. The Morgan fingerprint density at radius 2 is 2.28 bits per heavy atom. The van der Waals surface area contributed by atoms with E-state index in [1.165, 1.54) is 6.33 Å². The van der Waals surface area contributed by atoms with Crippen LogP contribution >= 0.6 is 11.8 Å². The molecule has 7 heteroatoms. The lowest BCUT2D eigenvalue weighted by molar-refractivity contribution is -0.205. The molecule has 0 aromatic carbocycles. The molecule has 18 heavy (non-hydrogen) atoms. The van der Waals surface area contributed by atoms with Gasteiger partial charge in [0, 0.05) is 6.42 Å². The van der Waals surface area contributed by atoms with Crippen molar-refractivity contribution in [2.45, 2.75) is 24.3 Å². The quantitative estimate of drug-likeness (QED) is 0.200. The number of imidazole rings is 1. The molecule has 0 aliphatic rings. The van der Waals surface area contributed by atoms with Crippen LogP contribution in [0.25, 0.3) is 11.2 Å². The monoisotopic (exact) mass is 266 g/mol. The summed E-state index contributed by atoms with van der Waals surface area (Å²) < 4.78 is 0. The van der Waals surface area contributed by atoms with E-state index in [0.29, 0.717) is 17.8 Å². The molecule has 0 bridgehead atoms. The van der Waals surface area contributed by atoms with Crippen molar-refractivity contribution < 1.29 is 10.1 Å². The number of nitrogens with zero attached hydrogens (tertiary/aromatic N) is 3. The summed E-state index contributed by atoms with van der Waals surface area (Å²) in [5.74, 6) is 1.34. The van der Waals surface area contributed by atoms with Gasteiger partial charge in [-0.1, -0.05) is 6.58 Å². The van der Waals surface area contributed by atoms with Crippen molar-refractivity contribution in [1.29, 1.82) is 0 Å². The van der Waals surface area contributed by atoms with E-state index in [4.69, 9.17) is 5.26 Å². The van der Waals surface area contributed by atoms with Gasteiger partial charge in [0.1, 0.15) is 22.6 Å². The minimum atomic E-state index is 0.401. The topological polar surface area (TPSA) is 83.9 Å². The fraction of sp³-hybridized carbons (Fsp3) is 0.364. The molecule has 0 aliphatic heterocycles. The van der Waals surface area contributed by atoms with Crippen LogP contribution in [0.2, 0.25) is 0 Å². The number of H-pyrrole nitrogens is 1. The largest absolute Gasteiger partial charge is 0.345 e. The molecule has 96 valence electrons. The molecule has 0 saturated carbocycles. The van der Waals surface area contributed by atoms with E-state index in [1.54, 1.807) is 18.1 Å². The van der Waals surface area contributed by atoms with Crippen LogP contribution in [0, 0.1) is 0 Å². The Hall–Kier alpha value is -1.60. The third kappa shape index (κ3) is 3.21. The number of nitrogens with one attached hydrogen (secondary N) is 1. The number of fused-ring (bicyclic) bond motifs is 1. The third-order valence-electron chi connectivity index (χ3n) is 2.41. The molecule has 0 unspecified atom stereocenters. The first-order valence-corrected chi connectivity index (χ1v) is 6.56. The highest BCUT2D eigenvalue weighted by Gasteiger charge is 2.05. The zero-order valence-electron chi connectivity index (χ0n) is 9.80. The fourth-order valence-electron chi connectivity index (χ4n) is 1.49. The molecule has 6 nitrogen and oxygen atoms in total. The maximum atomic E-state index is 8.33. The Kier molecular flexibility index (Phi) is 4.54. The van der Waals surface area contributed by atoms with E-state index in [0.717, 1.165) is 29.1 Å². The highest BCUT2D eigenvalue weighted by Crippen LogP contribution is 2.23. The second-order valence-corrected chi connectivity index (χ2v) is 4.80. The Morgan fingerprint density at radius 3 is 3.11 bits per heavy atom. The molecule has 2 heterocycles. The van der Waals surface area contributed by atoms with Crippen LogP contribution in [-0.4, -0.2) is 30.9 Å². The van der Waals surface area contributed by atoms with Crippen LogP contribution in [0.15, 0.2) is 30.0 Å². The van der Waals surface area contributed by atoms with Gasteiger partial charge in [-0.15, -0.1) is 11.8 Å². The molecule has 0 aliphatic carbocycles. The lowest BCUT2D eigenvalue weighted by Crippen LogP contribution is -1.89. The van der Waals surface area contributed by atoms with Crippen molar-refractivity contribution in [3.05, 3.63) is 25.0 Å². The van der Waals surface area contributed by atoms with Gasteiger partial charge in [0.2, 0.25) is 0 Å². The number of hydrogen-bond donors (Lipinski definition) is 2. The first-order chi connectivity index (χ1) is 8.81. The average Bonchev–Trinajstić information content (AvgIpc) is 2.87. The van der Waals surface area contributed by atoms with Gasteiger partial charge in [0.05, 0.1) is 6.33 Å². The van der Waals surface area contributed by atoms with Crippen molar-refractivity contribution in [3.8, 4) is 0 Å². The van der Waals surface area contributed by atoms with Gasteiger partial charge in [-0.2, -0.15) is 0 Å². The van der Waals surface area contributed by atoms with E-state index in [2.05, 4.69) is 31.4 Å². The summed E-state index contributed by atoms with van der Waals surface area (Å²) in [5, 5.41) is 9.24. The summed E-state index contributed by atoms with van der Waals surface area (Å²) >= 11 is 1.66. The summed E-state index contributed by atoms with van der Waals surface area (Å²) in [6, 6.07) is 0. The van der Waals surface area contributed by atoms with E-state index in [1.807, 2.05) is 0 Å². The summed E-state index contributed by atoms with van der Waals surface area (Å²) in [7, 11) is 0. The van der Waals surface area contributed by atoms with Crippen LogP contribution in [0.3, 0.4) is 0 Å². The molecule has 0 saturated heterocycles. The maximum absolute atomic E-state index is 8.33. The van der Waals surface area contributed by atoms with Gasteiger partial charge >= 0.3 is 0 Å². The molecule has 0 spiro atoms. The van der Waals surface area contributed by atoms with Crippen LogP contribution in [0.5, 0.6) is 0 Å². The Labute approximate surface area is 108 Å². The predicted octanol–water partition coefficient (Wildman–Crippen LogP) is 2.62. The Morgan fingerprint density at radius 1 is 1.39 bits per heavy atom. The number of aromatic nitrogens is 4. The molecule has 0 fully saturated rings. The lowest BCUT2D eigenvalue weighted by atomic mass is 10.2. The number of aromatic amines is 1. The standard InChI is InChI=1S/C11H14N4O2S/c1-8(17-16)4-2-3-5-18-11-9-10(13-6-12-9)14-7-15-11/h6-7,16H,1-5H2,(H,12,13,14,15). The van der Waals surface area contributed by atoms with Crippen molar-refractivity contribution in [2.24, 2.45) is 0 Å². The molecular weight excluding hydrogens is 252 g/mol. The number of unbranched alkanes of at least 4 members (excludes halogenated alkanes) is 1. The summed E-state index contributed by atoms with van der Waals surface area (Å²) in [6.07, 6.45) is 5.72. The Bertz CT molecular complexity index is 528. The van der Waals surface area contributed by atoms with Gasteiger partial charge < -0.3 is 9.87 Å². The van der Waals surface area contributed by atoms with Gasteiger partial charge in [0.25, 0.3) is 0 Å². The number of thioether (sulfide) groups is 1. The second kappa shape index (κ2) is 6.36.